The van der Waals surface area contributed by atoms with E-state index in [9.17, 15) is 14.4 Å². The van der Waals surface area contributed by atoms with Crippen LogP contribution in [0, 0.1) is 0 Å². The maximum Gasteiger partial charge on any atom is 0.407 e. The van der Waals surface area contributed by atoms with Crippen molar-refractivity contribution in [2.24, 2.45) is 10.9 Å². The van der Waals surface area contributed by atoms with Gasteiger partial charge in [0.05, 0.1) is 24.9 Å². The van der Waals surface area contributed by atoms with Gasteiger partial charge in [0, 0.05) is 13.0 Å². The van der Waals surface area contributed by atoms with Crippen LogP contribution in [0.5, 0.6) is 0 Å². The fourth-order valence-corrected chi connectivity index (χ4v) is 2.88. The summed E-state index contributed by atoms with van der Waals surface area (Å²) in [6.45, 7) is 9.10. The molecule has 2 fully saturated rings. The summed E-state index contributed by atoms with van der Waals surface area (Å²) in [5.74, 6) is -0.660. The van der Waals surface area contributed by atoms with Crippen molar-refractivity contribution in [3.8, 4) is 0 Å². The molecule has 2 aliphatic heterocycles. The van der Waals surface area contributed by atoms with Crippen molar-refractivity contribution in [1.29, 1.82) is 0 Å². The minimum atomic E-state index is -0.660. The van der Waals surface area contributed by atoms with Crippen LogP contribution in [-0.2, 0) is 19.2 Å². The molecular weight excluding hydrogens is 370 g/mol. The number of rotatable bonds is 8. The maximum atomic E-state index is 12.7. The first-order valence-electron chi connectivity index (χ1n) is 8.90. The summed E-state index contributed by atoms with van der Waals surface area (Å²) >= 11 is 0. The van der Waals surface area contributed by atoms with Gasteiger partial charge in [-0.15, -0.1) is 6.58 Å². The van der Waals surface area contributed by atoms with Crippen molar-refractivity contribution in [3.63, 3.8) is 0 Å². The summed E-state index contributed by atoms with van der Waals surface area (Å²) in [4.78, 5) is 47.5. The summed E-state index contributed by atoms with van der Waals surface area (Å²) in [6.07, 6.45) is 1.27. The van der Waals surface area contributed by atoms with E-state index in [1.165, 1.54) is 11.1 Å². The molecule has 4 amide bonds. The van der Waals surface area contributed by atoms with E-state index in [4.69, 9.17) is 20.1 Å². The van der Waals surface area contributed by atoms with Crippen LogP contribution in [0.2, 0.25) is 0 Å². The second kappa shape index (κ2) is 8.91. The highest BCUT2D eigenvalue weighted by atomic mass is 16.7. The van der Waals surface area contributed by atoms with Crippen LogP contribution in [0.4, 0.5) is 9.59 Å². The molecule has 2 atom stereocenters. The van der Waals surface area contributed by atoms with Crippen molar-refractivity contribution in [3.05, 3.63) is 12.7 Å². The number of nitrogens with one attached hydrogen (secondary N) is 1. The fourth-order valence-electron chi connectivity index (χ4n) is 2.88. The molecule has 156 valence electrons. The Labute approximate surface area is 163 Å². The average Bonchev–Trinajstić information content (AvgIpc) is 2.85. The van der Waals surface area contributed by atoms with Crippen molar-refractivity contribution >= 4 is 23.7 Å². The third-order valence-corrected chi connectivity index (χ3v) is 3.96. The number of oxime groups is 1. The molecular formula is C17H27N5O6. The van der Waals surface area contributed by atoms with Gasteiger partial charge in [-0.25, -0.2) is 9.59 Å². The van der Waals surface area contributed by atoms with E-state index in [-0.39, 0.29) is 31.8 Å². The Morgan fingerprint density at radius 1 is 1.43 bits per heavy atom. The number of hydrogen-bond donors (Lipinski definition) is 2. The SMILES string of the molecule is C=CCON1C(=O)N2C[C@H]1/C(=N\OCC(N)=O)C[C@H]2CNC(=O)OC(C)(C)C. The van der Waals surface area contributed by atoms with Gasteiger partial charge in [-0.3, -0.25) is 9.63 Å². The lowest BCUT2D eigenvalue weighted by Gasteiger charge is -2.31. The molecule has 28 heavy (non-hydrogen) atoms. The molecule has 0 radical (unpaired) electrons. The number of primary amides is 1. The number of carbonyl (C=O) groups is 3. The van der Waals surface area contributed by atoms with E-state index < -0.39 is 23.6 Å². The van der Waals surface area contributed by atoms with Crippen molar-refractivity contribution in [1.82, 2.24) is 15.3 Å². The molecule has 3 N–H and O–H groups in total. The van der Waals surface area contributed by atoms with E-state index in [0.717, 1.165) is 0 Å². The van der Waals surface area contributed by atoms with Gasteiger partial charge in [0.2, 0.25) is 0 Å². The van der Waals surface area contributed by atoms with Gasteiger partial charge < -0.3 is 25.5 Å². The molecule has 0 aromatic heterocycles. The van der Waals surface area contributed by atoms with E-state index in [1.807, 2.05) is 0 Å². The van der Waals surface area contributed by atoms with Gasteiger partial charge in [-0.1, -0.05) is 11.2 Å². The van der Waals surface area contributed by atoms with E-state index in [2.05, 4.69) is 17.1 Å². The monoisotopic (exact) mass is 397 g/mol. The number of urea groups is 1. The highest BCUT2D eigenvalue weighted by Crippen LogP contribution is 2.28. The second-order valence-electron chi connectivity index (χ2n) is 7.42. The molecule has 2 bridgehead atoms. The minimum Gasteiger partial charge on any atom is -0.444 e. The minimum absolute atomic E-state index is 0.145. The average molecular weight is 397 g/mol. The van der Waals surface area contributed by atoms with Crippen molar-refractivity contribution in [2.75, 3.05) is 26.3 Å². The van der Waals surface area contributed by atoms with Gasteiger partial charge in [0.15, 0.2) is 6.61 Å². The quantitative estimate of drug-likeness (QED) is 0.448. The number of piperidine rings is 1. The van der Waals surface area contributed by atoms with E-state index >= 15 is 0 Å². The third-order valence-electron chi connectivity index (χ3n) is 3.96. The first kappa shape index (κ1) is 21.5. The van der Waals surface area contributed by atoms with Crippen LogP contribution >= 0.6 is 0 Å². The van der Waals surface area contributed by atoms with Gasteiger partial charge in [0.25, 0.3) is 5.91 Å². The summed E-state index contributed by atoms with van der Waals surface area (Å²) in [5.41, 5.74) is 4.94. The predicted molar refractivity (Wildman–Crippen MR) is 99.1 cm³/mol. The lowest BCUT2D eigenvalue weighted by atomic mass is 9.98. The zero-order valence-electron chi connectivity index (χ0n) is 16.3. The number of hydrogen-bond acceptors (Lipinski definition) is 7. The van der Waals surface area contributed by atoms with E-state index in [1.54, 1.807) is 25.7 Å². The summed E-state index contributed by atoms with van der Waals surface area (Å²) in [6, 6.07) is -1.18. The zero-order valence-corrected chi connectivity index (χ0v) is 16.3. The van der Waals surface area contributed by atoms with Crippen LogP contribution in [0.15, 0.2) is 17.8 Å². The molecule has 0 saturated carbocycles. The molecule has 2 aliphatic rings. The molecule has 0 aliphatic carbocycles. The molecule has 2 rings (SSSR count). The first-order valence-corrected chi connectivity index (χ1v) is 8.90. The van der Waals surface area contributed by atoms with Crippen LogP contribution in [0.25, 0.3) is 0 Å². The van der Waals surface area contributed by atoms with Gasteiger partial charge in [0.1, 0.15) is 11.6 Å². The Morgan fingerprint density at radius 3 is 2.75 bits per heavy atom. The van der Waals surface area contributed by atoms with Crippen LogP contribution < -0.4 is 11.1 Å². The van der Waals surface area contributed by atoms with Gasteiger partial charge >= 0.3 is 12.1 Å². The normalized spacial score (nSPS) is 23.0. The number of nitrogens with zero attached hydrogens (tertiary/aromatic N) is 3. The molecule has 2 heterocycles. The number of amides is 4. The second-order valence-corrected chi connectivity index (χ2v) is 7.42. The standard InChI is InChI=1S/C17H27N5O6/c1-5-6-27-22-13-9-21(16(22)25)11(7-12(13)20-26-10-14(18)23)8-19-15(24)28-17(2,3)4/h5,11,13H,1,6-10H2,2-4H3,(H2,18,23)(H,19,24)/b20-12-/t11-,13-/m0/s1. The molecule has 0 aromatic rings. The van der Waals surface area contributed by atoms with Crippen LogP contribution in [-0.4, -0.2) is 77.7 Å². The van der Waals surface area contributed by atoms with Crippen LogP contribution in [0.1, 0.15) is 27.2 Å². The number of ether oxygens (including phenoxy) is 1. The zero-order chi connectivity index (χ0) is 20.9. The smallest absolute Gasteiger partial charge is 0.407 e. The molecule has 11 heteroatoms. The third kappa shape index (κ3) is 5.59. The Kier molecular flexibility index (Phi) is 6.84. The Hall–Kier alpha value is -2.82. The van der Waals surface area contributed by atoms with Gasteiger partial charge in [-0.05, 0) is 20.8 Å². The largest absolute Gasteiger partial charge is 0.444 e. The summed E-state index contributed by atoms with van der Waals surface area (Å²) in [7, 11) is 0. The lowest BCUT2D eigenvalue weighted by molar-refractivity contribution is -0.122. The Bertz CT molecular complexity index is 659. The number of nitrogens with two attached hydrogens (primary N) is 1. The van der Waals surface area contributed by atoms with Crippen LogP contribution in [0.3, 0.4) is 0 Å². The molecule has 0 spiro atoms. The first-order chi connectivity index (χ1) is 13.1. The highest BCUT2D eigenvalue weighted by Gasteiger charge is 2.49. The molecule has 11 nitrogen and oxygen atoms in total. The van der Waals surface area contributed by atoms with Gasteiger partial charge in [-0.2, -0.15) is 5.06 Å². The number of alkyl carbamates (subject to hydrolysis) is 1. The van der Waals surface area contributed by atoms with E-state index in [0.29, 0.717) is 18.7 Å². The summed E-state index contributed by atoms with van der Waals surface area (Å²) < 4.78 is 5.22. The molecule has 0 aromatic carbocycles. The lowest BCUT2D eigenvalue weighted by Crippen LogP contribution is -2.50. The summed E-state index contributed by atoms with van der Waals surface area (Å²) in [5, 5.41) is 7.85. The maximum absolute atomic E-state index is 12.7. The number of hydroxylamine groups is 2. The topological polar surface area (TPSA) is 136 Å². The number of fused-ring (bicyclic) bond motifs is 2. The molecule has 2 saturated heterocycles. The van der Waals surface area contributed by atoms with Crippen molar-refractivity contribution in [2.45, 2.75) is 44.9 Å². The Morgan fingerprint density at radius 2 is 2.14 bits per heavy atom. The Balaban J connectivity index is 2.10. The predicted octanol–water partition coefficient (Wildman–Crippen LogP) is 0.365. The fraction of sp³-hybridized carbons (Fsp3) is 0.647. The highest BCUT2D eigenvalue weighted by molar-refractivity contribution is 5.97. The van der Waals surface area contributed by atoms with Crippen molar-refractivity contribution < 1.29 is 28.8 Å². The molecule has 0 unspecified atom stereocenters. The number of carbonyl (C=O) groups excluding carboxylic acids is 3.